The Hall–Kier alpha value is -3.60. The lowest BCUT2D eigenvalue weighted by atomic mass is 9.82. The quantitative estimate of drug-likeness (QED) is 0.125. The van der Waals surface area contributed by atoms with Crippen LogP contribution in [0.25, 0.3) is 0 Å². The second kappa shape index (κ2) is 20.8. The predicted molar refractivity (Wildman–Crippen MR) is 192 cm³/mol. The minimum absolute atomic E-state index is 0.125. The maximum absolute atomic E-state index is 13.8. The molecule has 1 saturated carbocycles. The number of hydrogen-bond donors (Lipinski definition) is 5. The highest BCUT2D eigenvalue weighted by molar-refractivity contribution is 5.91. The number of amides is 4. The number of ether oxygens (including phenoxy) is 2. The molecule has 11 heteroatoms. The first kappa shape index (κ1) is 41.6. The van der Waals surface area contributed by atoms with E-state index in [4.69, 9.17) is 9.47 Å². The second-order valence-corrected chi connectivity index (χ2v) is 14.7. The molecule has 276 valence electrons. The maximum Gasteiger partial charge on any atom is 0.408 e. The fraction of sp³-hybridized carbons (Fsp3) is 0.684. The Bertz CT molecular complexity index is 1190. The molecule has 2 rings (SSSR count). The average molecular weight is 687 g/mol. The summed E-state index contributed by atoms with van der Waals surface area (Å²) in [7, 11) is 1.56. The van der Waals surface area contributed by atoms with Crippen LogP contribution in [0, 0.1) is 17.8 Å². The molecular formula is C38H62N4O7. The van der Waals surface area contributed by atoms with Gasteiger partial charge in [0.2, 0.25) is 17.7 Å². The van der Waals surface area contributed by atoms with Crippen LogP contribution in [0.15, 0.2) is 36.9 Å². The molecule has 1 aromatic rings. The molecule has 4 amide bonds. The molecule has 0 bridgehead atoms. The Labute approximate surface area is 293 Å². The van der Waals surface area contributed by atoms with E-state index in [0.29, 0.717) is 30.6 Å². The third kappa shape index (κ3) is 15.7. The lowest BCUT2D eigenvalue weighted by Gasteiger charge is -2.32. The largest absolute Gasteiger partial charge is 0.497 e. The Balaban J connectivity index is 2.23. The van der Waals surface area contributed by atoms with Crippen LogP contribution >= 0.6 is 0 Å². The van der Waals surface area contributed by atoms with Gasteiger partial charge in [-0.15, -0.1) is 6.58 Å². The second-order valence-electron chi connectivity index (χ2n) is 14.7. The zero-order valence-electron chi connectivity index (χ0n) is 30.8. The summed E-state index contributed by atoms with van der Waals surface area (Å²) in [6.45, 7) is 15.5. The number of methoxy groups -OCH3 is 1. The van der Waals surface area contributed by atoms with E-state index >= 15 is 0 Å². The summed E-state index contributed by atoms with van der Waals surface area (Å²) in [6, 6.07) is 4.45. The van der Waals surface area contributed by atoms with E-state index < -0.39 is 53.7 Å². The molecule has 0 saturated heterocycles. The highest BCUT2D eigenvalue weighted by Crippen LogP contribution is 2.29. The average Bonchev–Trinajstić information content (AvgIpc) is 3.05. The molecule has 0 unspecified atom stereocenters. The first-order valence-electron chi connectivity index (χ1n) is 17.9. The van der Waals surface area contributed by atoms with Gasteiger partial charge in [0.1, 0.15) is 23.4 Å². The van der Waals surface area contributed by atoms with Gasteiger partial charge >= 0.3 is 6.09 Å². The van der Waals surface area contributed by atoms with Crippen LogP contribution in [0.3, 0.4) is 0 Å². The molecule has 11 nitrogen and oxygen atoms in total. The third-order valence-corrected chi connectivity index (χ3v) is 9.11. The van der Waals surface area contributed by atoms with E-state index in [-0.39, 0.29) is 25.2 Å². The molecule has 0 aliphatic heterocycles. The summed E-state index contributed by atoms with van der Waals surface area (Å²) < 4.78 is 10.7. The topological polar surface area (TPSA) is 155 Å². The standard InChI is InChI=1S/C38H62N4O7/c1-9-14-30(40-36(46)32(42-37(47)49-38(5,6)7)23-28-17-19-29(48-8)20-18-28)35(45)41-31(22-27-15-12-11-13-16-27)33(43)21-26(4)34(44)39-24-25(3)10-2/h9,17-20,25-27,30-33,43H,1,10-16,21-24H2,2-8H3,(H,39,44)(H,40,46)(H,41,45)(H,42,47)/t25-,26+,30-,31-,32-,33-/m0/s1. The fourth-order valence-corrected chi connectivity index (χ4v) is 5.93. The fourth-order valence-electron chi connectivity index (χ4n) is 5.93. The van der Waals surface area contributed by atoms with Gasteiger partial charge in [0, 0.05) is 18.9 Å². The molecule has 0 aromatic heterocycles. The molecule has 5 N–H and O–H groups in total. The molecule has 1 aromatic carbocycles. The van der Waals surface area contributed by atoms with E-state index in [1.807, 2.05) is 0 Å². The molecule has 0 spiro atoms. The summed E-state index contributed by atoms with van der Waals surface area (Å²) in [6.07, 6.45) is 7.20. The molecule has 1 fully saturated rings. The lowest BCUT2D eigenvalue weighted by molar-refractivity contribution is -0.131. The molecule has 49 heavy (non-hydrogen) atoms. The number of aliphatic hydroxyl groups excluding tert-OH is 1. The maximum atomic E-state index is 13.8. The van der Waals surface area contributed by atoms with Crippen molar-refractivity contribution in [2.24, 2.45) is 17.8 Å². The van der Waals surface area contributed by atoms with Crippen molar-refractivity contribution < 1.29 is 33.8 Å². The Morgan fingerprint density at radius 3 is 2.16 bits per heavy atom. The van der Waals surface area contributed by atoms with E-state index in [0.717, 1.165) is 37.7 Å². The Morgan fingerprint density at radius 2 is 1.59 bits per heavy atom. The van der Waals surface area contributed by atoms with Gasteiger partial charge in [-0.2, -0.15) is 0 Å². The molecule has 0 radical (unpaired) electrons. The minimum Gasteiger partial charge on any atom is -0.497 e. The normalized spacial score (nSPS) is 17.3. The summed E-state index contributed by atoms with van der Waals surface area (Å²) in [5.74, 6) is -0.277. The van der Waals surface area contributed by atoms with Gasteiger partial charge in [0.15, 0.2) is 0 Å². The van der Waals surface area contributed by atoms with Crippen LogP contribution in [0.5, 0.6) is 5.75 Å². The van der Waals surface area contributed by atoms with Crippen molar-refractivity contribution in [1.29, 1.82) is 0 Å². The van der Waals surface area contributed by atoms with Crippen LogP contribution < -0.4 is 26.0 Å². The monoisotopic (exact) mass is 686 g/mol. The van der Waals surface area contributed by atoms with Gasteiger partial charge in [-0.25, -0.2) is 4.79 Å². The van der Waals surface area contributed by atoms with Crippen molar-refractivity contribution in [2.45, 2.75) is 136 Å². The van der Waals surface area contributed by atoms with Crippen molar-refractivity contribution in [1.82, 2.24) is 21.3 Å². The van der Waals surface area contributed by atoms with Crippen LogP contribution in [-0.4, -0.2) is 72.4 Å². The number of carbonyl (C=O) groups is 4. The van der Waals surface area contributed by atoms with Gasteiger partial charge < -0.3 is 35.8 Å². The zero-order chi connectivity index (χ0) is 36.6. The molecule has 1 aliphatic carbocycles. The summed E-state index contributed by atoms with van der Waals surface area (Å²) in [5.41, 5.74) is -0.0174. The van der Waals surface area contributed by atoms with Crippen LogP contribution in [-0.2, 0) is 25.5 Å². The zero-order valence-corrected chi connectivity index (χ0v) is 30.8. The van der Waals surface area contributed by atoms with E-state index in [1.54, 1.807) is 65.1 Å². The first-order valence-corrected chi connectivity index (χ1v) is 17.9. The van der Waals surface area contributed by atoms with Gasteiger partial charge in [-0.05, 0) is 69.6 Å². The highest BCUT2D eigenvalue weighted by Gasteiger charge is 2.33. The van der Waals surface area contributed by atoms with Crippen LogP contribution in [0.1, 0.15) is 105 Å². The van der Waals surface area contributed by atoms with Crippen molar-refractivity contribution in [2.75, 3.05) is 13.7 Å². The molecule has 0 heterocycles. The number of alkyl carbamates (subject to hydrolysis) is 1. The summed E-state index contributed by atoms with van der Waals surface area (Å²) >= 11 is 0. The molecule has 6 atom stereocenters. The van der Waals surface area contributed by atoms with E-state index in [9.17, 15) is 24.3 Å². The summed E-state index contributed by atoms with van der Waals surface area (Å²) in [4.78, 5) is 53.1. The highest BCUT2D eigenvalue weighted by atomic mass is 16.6. The van der Waals surface area contributed by atoms with Crippen LogP contribution in [0.4, 0.5) is 4.79 Å². The third-order valence-electron chi connectivity index (χ3n) is 9.11. The molecule has 1 aliphatic rings. The van der Waals surface area contributed by atoms with E-state index in [1.165, 1.54) is 6.42 Å². The SMILES string of the molecule is C=CC[C@H](NC(=O)[C@H](Cc1ccc(OC)cc1)NC(=O)OC(C)(C)C)C(=O)N[C@@H](CC1CCCCC1)[C@@H](O)C[C@@H](C)C(=O)NC[C@@H](C)CC. The number of benzene rings is 1. The Morgan fingerprint density at radius 1 is 0.959 bits per heavy atom. The number of carbonyl (C=O) groups excluding carboxylic acids is 4. The van der Waals surface area contributed by atoms with Crippen LogP contribution in [0.2, 0.25) is 0 Å². The number of rotatable bonds is 19. The van der Waals surface area contributed by atoms with Crippen molar-refractivity contribution in [3.63, 3.8) is 0 Å². The first-order chi connectivity index (χ1) is 23.1. The van der Waals surface area contributed by atoms with Gasteiger partial charge in [-0.1, -0.05) is 77.5 Å². The van der Waals surface area contributed by atoms with Gasteiger partial charge in [0.25, 0.3) is 0 Å². The van der Waals surface area contributed by atoms with Crippen molar-refractivity contribution in [3.05, 3.63) is 42.5 Å². The lowest BCUT2D eigenvalue weighted by Crippen LogP contribution is -2.57. The van der Waals surface area contributed by atoms with E-state index in [2.05, 4.69) is 41.7 Å². The smallest absolute Gasteiger partial charge is 0.408 e. The number of aliphatic hydroxyl groups is 1. The van der Waals surface area contributed by atoms with Gasteiger partial charge in [0.05, 0.1) is 19.3 Å². The summed E-state index contributed by atoms with van der Waals surface area (Å²) in [5, 5.41) is 22.9. The molecular weight excluding hydrogens is 624 g/mol. The van der Waals surface area contributed by atoms with Crippen molar-refractivity contribution >= 4 is 23.8 Å². The van der Waals surface area contributed by atoms with Crippen molar-refractivity contribution in [3.8, 4) is 5.75 Å². The predicted octanol–water partition coefficient (Wildman–Crippen LogP) is 5.20. The van der Waals surface area contributed by atoms with Gasteiger partial charge in [-0.3, -0.25) is 14.4 Å². The number of nitrogens with one attached hydrogen (secondary N) is 4. The number of hydrogen-bond acceptors (Lipinski definition) is 7. The minimum atomic E-state index is -1.05. The Kier molecular flexibility index (Phi) is 17.7.